The average molecular weight is 256 g/mol. The van der Waals surface area contributed by atoms with Crippen LogP contribution in [0.1, 0.15) is 11.1 Å². The van der Waals surface area contributed by atoms with Crippen LogP contribution in [-0.4, -0.2) is 32.7 Å². The molecular formula is C10H16N4O2S. The molecule has 0 aliphatic carbocycles. The van der Waals surface area contributed by atoms with Gasteiger partial charge in [-0.1, -0.05) is 12.1 Å². The van der Waals surface area contributed by atoms with Gasteiger partial charge < -0.3 is 5.73 Å². The van der Waals surface area contributed by atoms with Gasteiger partial charge in [0.2, 0.25) is 0 Å². The first-order valence-electron chi connectivity index (χ1n) is 4.90. The zero-order valence-corrected chi connectivity index (χ0v) is 10.8. The number of anilines is 1. The molecule has 94 valence electrons. The fourth-order valence-electron chi connectivity index (χ4n) is 1.34. The molecule has 0 saturated heterocycles. The second-order valence-corrected chi connectivity index (χ2v) is 5.69. The van der Waals surface area contributed by atoms with Crippen molar-refractivity contribution < 1.29 is 8.42 Å². The second kappa shape index (κ2) is 4.72. The molecule has 0 spiro atoms. The monoisotopic (exact) mass is 256 g/mol. The van der Waals surface area contributed by atoms with Gasteiger partial charge in [-0.2, -0.15) is 12.7 Å². The molecule has 0 atom stereocenters. The molecule has 0 heterocycles. The van der Waals surface area contributed by atoms with Crippen molar-refractivity contribution in [3.05, 3.63) is 29.3 Å². The maximum atomic E-state index is 11.7. The lowest BCUT2D eigenvalue weighted by molar-refractivity contribution is 0.527. The van der Waals surface area contributed by atoms with Gasteiger partial charge in [-0.25, -0.2) is 0 Å². The summed E-state index contributed by atoms with van der Waals surface area (Å²) in [5.41, 5.74) is 6.90. The molecule has 0 amide bonds. The molecule has 0 fully saturated rings. The molecular weight excluding hydrogens is 240 g/mol. The Morgan fingerprint density at radius 3 is 2.47 bits per heavy atom. The van der Waals surface area contributed by atoms with Crippen LogP contribution in [0.25, 0.3) is 0 Å². The minimum Gasteiger partial charge on any atom is -0.384 e. The molecule has 6 nitrogen and oxygen atoms in total. The summed E-state index contributed by atoms with van der Waals surface area (Å²) in [6.07, 6.45) is 0. The maximum absolute atomic E-state index is 11.7. The molecule has 1 aromatic rings. The van der Waals surface area contributed by atoms with Crippen LogP contribution in [0.3, 0.4) is 0 Å². The molecule has 17 heavy (non-hydrogen) atoms. The Morgan fingerprint density at radius 2 is 2.00 bits per heavy atom. The Morgan fingerprint density at radius 1 is 1.41 bits per heavy atom. The van der Waals surface area contributed by atoms with E-state index in [0.29, 0.717) is 11.3 Å². The van der Waals surface area contributed by atoms with Crippen LogP contribution in [0.4, 0.5) is 5.69 Å². The van der Waals surface area contributed by atoms with E-state index in [2.05, 4.69) is 4.72 Å². The van der Waals surface area contributed by atoms with Crippen molar-refractivity contribution >= 4 is 21.7 Å². The van der Waals surface area contributed by atoms with Gasteiger partial charge in [-0.3, -0.25) is 10.1 Å². The molecule has 0 bridgehead atoms. The van der Waals surface area contributed by atoms with E-state index in [0.717, 1.165) is 9.87 Å². The minimum absolute atomic E-state index is 0.167. The van der Waals surface area contributed by atoms with E-state index in [1.54, 1.807) is 25.1 Å². The van der Waals surface area contributed by atoms with Gasteiger partial charge in [0.1, 0.15) is 5.84 Å². The molecule has 0 unspecified atom stereocenters. The molecule has 0 aliphatic rings. The summed E-state index contributed by atoms with van der Waals surface area (Å²) in [5, 5.41) is 7.46. The lowest BCUT2D eigenvalue weighted by atomic mass is 10.1. The number of hydrogen-bond acceptors (Lipinski definition) is 3. The Hall–Kier alpha value is -1.60. The zero-order valence-electron chi connectivity index (χ0n) is 9.98. The predicted molar refractivity (Wildman–Crippen MR) is 68.4 cm³/mol. The molecule has 1 aromatic carbocycles. The van der Waals surface area contributed by atoms with Gasteiger partial charge in [0.25, 0.3) is 0 Å². The molecule has 0 radical (unpaired) electrons. The van der Waals surface area contributed by atoms with Crippen molar-refractivity contribution in [2.45, 2.75) is 6.92 Å². The number of rotatable bonds is 4. The van der Waals surface area contributed by atoms with Crippen molar-refractivity contribution in [2.24, 2.45) is 5.73 Å². The number of nitrogens with two attached hydrogens (primary N) is 1. The second-order valence-electron chi connectivity index (χ2n) is 3.80. The zero-order chi connectivity index (χ0) is 13.2. The fourth-order valence-corrected chi connectivity index (χ4v) is 1.97. The lowest BCUT2D eigenvalue weighted by Gasteiger charge is -2.16. The Balaban J connectivity index is 3.25. The Labute approximate surface area is 101 Å². The first-order chi connectivity index (χ1) is 7.75. The van der Waals surface area contributed by atoms with Crippen LogP contribution in [-0.2, 0) is 10.2 Å². The molecule has 0 aliphatic heterocycles. The van der Waals surface area contributed by atoms with Gasteiger partial charge in [-0.15, -0.1) is 0 Å². The van der Waals surface area contributed by atoms with Crippen molar-refractivity contribution in [3.8, 4) is 0 Å². The molecule has 1 rings (SSSR count). The van der Waals surface area contributed by atoms with Crippen molar-refractivity contribution in [1.29, 1.82) is 5.41 Å². The minimum atomic E-state index is -3.59. The standard InChI is InChI=1S/C10H16N4O2S/c1-7-5-4-6-8(9(7)10(11)12)13-17(15,16)14(2)3/h4-6,13H,1-3H3,(H3,11,12). The third-order valence-corrected chi connectivity index (χ3v) is 3.70. The Bertz CT molecular complexity index is 537. The van der Waals surface area contributed by atoms with Gasteiger partial charge in [-0.05, 0) is 18.6 Å². The van der Waals surface area contributed by atoms with Gasteiger partial charge in [0, 0.05) is 19.7 Å². The summed E-state index contributed by atoms with van der Waals surface area (Å²) in [6.45, 7) is 1.77. The highest BCUT2D eigenvalue weighted by atomic mass is 32.2. The highest BCUT2D eigenvalue weighted by Gasteiger charge is 2.17. The third-order valence-electron chi connectivity index (χ3n) is 2.26. The van der Waals surface area contributed by atoms with Crippen LogP contribution in [0.15, 0.2) is 18.2 Å². The number of hydrogen-bond donors (Lipinski definition) is 3. The molecule has 7 heteroatoms. The normalized spacial score (nSPS) is 11.5. The number of benzene rings is 1. The summed E-state index contributed by atoms with van der Waals surface area (Å²) in [4.78, 5) is 0. The first-order valence-corrected chi connectivity index (χ1v) is 6.34. The number of nitrogens with zero attached hydrogens (tertiary/aromatic N) is 1. The fraction of sp³-hybridized carbons (Fsp3) is 0.300. The van der Waals surface area contributed by atoms with Gasteiger partial charge in [0.05, 0.1) is 5.69 Å². The quantitative estimate of drug-likeness (QED) is 0.540. The third kappa shape index (κ3) is 2.95. The smallest absolute Gasteiger partial charge is 0.301 e. The van der Waals surface area contributed by atoms with E-state index >= 15 is 0 Å². The van der Waals surface area contributed by atoms with Crippen LogP contribution in [0, 0.1) is 12.3 Å². The van der Waals surface area contributed by atoms with E-state index < -0.39 is 10.2 Å². The highest BCUT2D eigenvalue weighted by Crippen LogP contribution is 2.20. The van der Waals surface area contributed by atoms with E-state index in [1.165, 1.54) is 14.1 Å². The van der Waals surface area contributed by atoms with Crippen molar-refractivity contribution in [2.75, 3.05) is 18.8 Å². The lowest BCUT2D eigenvalue weighted by Crippen LogP contribution is -2.30. The van der Waals surface area contributed by atoms with Gasteiger partial charge >= 0.3 is 10.2 Å². The van der Waals surface area contributed by atoms with Crippen molar-refractivity contribution in [3.63, 3.8) is 0 Å². The van der Waals surface area contributed by atoms with E-state index in [-0.39, 0.29) is 5.84 Å². The maximum Gasteiger partial charge on any atom is 0.301 e. The van der Waals surface area contributed by atoms with Gasteiger partial charge in [0.15, 0.2) is 0 Å². The SMILES string of the molecule is Cc1cccc(NS(=O)(=O)N(C)C)c1C(=N)N. The molecule has 0 saturated carbocycles. The first kappa shape index (κ1) is 13.5. The van der Waals surface area contributed by atoms with E-state index in [9.17, 15) is 8.42 Å². The number of aryl methyl sites for hydroxylation is 1. The number of nitrogen functional groups attached to an aromatic ring is 1. The Kier molecular flexibility index (Phi) is 3.74. The van der Waals surface area contributed by atoms with E-state index in [4.69, 9.17) is 11.1 Å². The van der Waals surface area contributed by atoms with E-state index in [1.807, 2.05) is 0 Å². The number of amidine groups is 1. The largest absolute Gasteiger partial charge is 0.384 e. The summed E-state index contributed by atoms with van der Waals surface area (Å²) in [7, 11) is -0.749. The topological polar surface area (TPSA) is 99.3 Å². The predicted octanol–water partition coefficient (Wildman–Crippen LogP) is 0.497. The van der Waals surface area contributed by atoms with Crippen LogP contribution in [0.5, 0.6) is 0 Å². The van der Waals surface area contributed by atoms with Crippen LogP contribution >= 0.6 is 0 Å². The molecule has 0 aromatic heterocycles. The van der Waals surface area contributed by atoms with Crippen LogP contribution < -0.4 is 10.5 Å². The number of nitrogens with one attached hydrogen (secondary N) is 2. The molecule has 4 N–H and O–H groups in total. The highest BCUT2D eigenvalue weighted by molar-refractivity contribution is 7.90. The summed E-state index contributed by atoms with van der Waals surface area (Å²) >= 11 is 0. The summed E-state index contributed by atoms with van der Waals surface area (Å²) in [5.74, 6) is -0.167. The van der Waals surface area contributed by atoms with Crippen LogP contribution in [0.2, 0.25) is 0 Å². The summed E-state index contributed by atoms with van der Waals surface area (Å²) < 4.78 is 26.8. The van der Waals surface area contributed by atoms with Crippen molar-refractivity contribution in [1.82, 2.24) is 4.31 Å². The summed E-state index contributed by atoms with van der Waals surface area (Å²) in [6, 6.07) is 5.05. The average Bonchev–Trinajstić information content (AvgIpc) is 2.15.